The van der Waals surface area contributed by atoms with Gasteiger partial charge >= 0.3 is 0 Å². The second-order valence-electron chi connectivity index (χ2n) is 5.94. The van der Waals surface area contributed by atoms with Gasteiger partial charge in [0.25, 0.3) is 11.1 Å². The van der Waals surface area contributed by atoms with Crippen molar-refractivity contribution in [2.45, 2.75) is 6.61 Å². The molecular weight excluding hydrogens is 414 g/mol. The number of terminal acetylenes is 1. The van der Waals surface area contributed by atoms with Gasteiger partial charge in [0.05, 0.1) is 22.4 Å². The zero-order valence-electron chi connectivity index (χ0n) is 14.9. The minimum absolute atomic E-state index is 0.0614. The topological polar surface area (TPSA) is 86.7 Å². The van der Waals surface area contributed by atoms with E-state index in [0.717, 1.165) is 16.7 Å². The summed E-state index contributed by atoms with van der Waals surface area (Å²) < 4.78 is 5.65. The summed E-state index contributed by atoms with van der Waals surface area (Å²) in [5.74, 6) is 0.965. The third-order valence-corrected chi connectivity index (χ3v) is 5.14. The number of benzene rings is 2. The van der Waals surface area contributed by atoms with Crippen molar-refractivity contribution in [3.63, 3.8) is 0 Å². The Morgan fingerprint density at radius 2 is 2.07 bits per heavy atom. The summed E-state index contributed by atoms with van der Waals surface area (Å²) in [5, 5.41) is 10.8. The second kappa shape index (κ2) is 8.86. The first-order chi connectivity index (χ1) is 13.9. The average molecular weight is 427 g/mol. The predicted molar refractivity (Wildman–Crippen MR) is 108 cm³/mol. The van der Waals surface area contributed by atoms with Gasteiger partial charge in [-0.3, -0.25) is 14.5 Å². The zero-order chi connectivity index (χ0) is 21.0. The van der Waals surface area contributed by atoms with Crippen LogP contribution in [-0.4, -0.2) is 28.6 Å². The second-order valence-corrected chi connectivity index (χ2v) is 7.34. The monoisotopic (exact) mass is 426 g/mol. The molecule has 2 aromatic carbocycles. The first kappa shape index (κ1) is 20.5. The number of nitrogens with zero attached hydrogens (tertiary/aromatic N) is 1. The van der Waals surface area contributed by atoms with Crippen molar-refractivity contribution in [3.8, 4) is 18.1 Å². The number of aromatic carboxylic acids is 1. The number of carbonyl (C=O) groups excluding carboxylic acids is 3. The third kappa shape index (κ3) is 4.80. The van der Waals surface area contributed by atoms with Gasteiger partial charge in [-0.1, -0.05) is 41.8 Å². The Labute approximate surface area is 176 Å². The van der Waals surface area contributed by atoms with E-state index in [2.05, 4.69) is 5.92 Å². The number of carboxylic acids is 1. The van der Waals surface area contributed by atoms with Crippen LogP contribution in [0.15, 0.2) is 47.4 Å². The largest absolute Gasteiger partial charge is 0.545 e. The maximum Gasteiger partial charge on any atom is 0.294 e. The fourth-order valence-corrected chi connectivity index (χ4v) is 3.63. The van der Waals surface area contributed by atoms with Crippen LogP contribution in [0, 0.1) is 12.3 Å². The van der Waals surface area contributed by atoms with Crippen LogP contribution >= 0.6 is 23.4 Å². The fourth-order valence-electron chi connectivity index (χ4n) is 2.55. The van der Waals surface area contributed by atoms with Crippen molar-refractivity contribution in [1.29, 1.82) is 0 Å². The molecule has 0 aliphatic carbocycles. The van der Waals surface area contributed by atoms with E-state index in [0.29, 0.717) is 21.9 Å². The van der Waals surface area contributed by atoms with Gasteiger partial charge in [0.1, 0.15) is 12.4 Å². The van der Waals surface area contributed by atoms with E-state index in [1.165, 1.54) is 12.1 Å². The number of rotatable bonds is 6. The van der Waals surface area contributed by atoms with Crippen molar-refractivity contribution in [2.75, 3.05) is 6.54 Å². The van der Waals surface area contributed by atoms with Crippen LogP contribution in [0.4, 0.5) is 4.79 Å². The normalized spacial score (nSPS) is 14.9. The maximum absolute atomic E-state index is 12.2. The van der Waals surface area contributed by atoms with Crippen molar-refractivity contribution < 1.29 is 24.2 Å². The van der Waals surface area contributed by atoms with E-state index in [1.54, 1.807) is 36.4 Å². The number of hydrogen-bond donors (Lipinski definition) is 0. The molecule has 6 nitrogen and oxygen atoms in total. The van der Waals surface area contributed by atoms with E-state index in [1.807, 2.05) is 0 Å². The summed E-state index contributed by atoms with van der Waals surface area (Å²) in [5.41, 5.74) is 1.33. The van der Waals surface area contributed by atoms with E-state index in [-0.39, 0.29) is 23.6 Å². The molecule has 0 spiro atoms. The Balaban J connectivity index is 1.72. The van der Waals surface area contributed by atoms with Crippen LogP contribution in [0.25, 0.3) is 6.08 Å². The first-order valence-electron chi connectivity index (χ1n) is 8.30. The van der Waals surface area contributed by atoms with E-state index >= 15 is 0 Å². The lowest BCUT2D eigenvalue weighted by Gasteiger charge is -2.10. The molecule has 2 aromatic rings. The minimum Gasteiger partial charge on any atom is -0.545 e. The lowest BCUT2D eigenvalue weighted by atomic mass is 10.1. The lowest BCUT2D eigenvalue weighted by molar-refractivity contribution is -0.255. The number of hydrogen-bond acceptors (Lipinski definition) is 6. The predicted octanol–water partition coefficient (Wildman–Crippen LogP) is 2.95. The van der Waals surface area contributed by atoms with Gasteiger partial charge in [-0.2, -0.15) is 0 Å². The minimum atomic E-state index is -1.26. The lowest BCUT2D eigenvalue weighted by Crippen LogP contribution is -2.28. The number of ether oxygens (including phenoxy) is 1. The first-order valence-corrected chi connectivity index (χ1v) is 9.50. The van der Waals surface area contributed by atoms with Crippen LogP contribution in [0.5, 0.6) is 5.75 Å². The Morgan fingerprint density at radius 1 is 1.28 bits per heavy atom. The molecule has 8 heteroatoms. The summed E-state index contributed by atoms with van der Waals surface area (Å²) in [7, 11) is 0. The maximum atomic E-state index is 12.2. The summed E-state index contributed by atoms with van der Waals surface area (Å²) in [6, 6.07) is 11.1. The van der Waals surface area contributed by atoms with E-state index in [4.69, 9.17) is 22.8 Å². The molecule has 1 aliphatic rings. The van der Waals surface area contributed by atoms with Gasteiger partial charge in [0.2, 0.25) is 0 Å². The molecule has 0 aromatic heterocycles. The molecular formula is C21H13ClNO5S-. The Bertz CT molecular complexity index is 1070. The number of imide groups is 1. The number of carboxylic acid groups (broad SMARTS) is 1. The van der Waals surface area contributed by atoms with Crippen LogP contribution in [0.3, 0.4) is 0 Å². The molecule has 0 unspecified atom stereocenters. The molecule has 1 fully saturated rings. The van der Waals surface area contributed by atoms with Gasteiger partial charge in [0, 0.05) is 0 Å². The molecule has 1 heterocycles. The molecule has 0 saturated carbocycles. The van der Waals surface area contributed by atoms with Gasteiger partial charge in [0.15, 0.2) is 0 Å². The van der Waals surface area contributed by atoms with Crippen LogP contribution in [0.1, 0.15) is 21.5 Å². The Hall–Kier alpha value is -3.21. The van der Waals surface area contributed by atoms with Crippen LogP contribution in [0.2, 0.25) is 5.02 Å². The molecule has 0 bridgehead atoms. The average Bonchev–Trinajstić information content (AvgIpc) is 2.95. The number of amides is 2. The van der Waals surface area contributed by atoms with E-state index in [9.17, 15) is 19.5 Å². The Kier molecular flexibility index (Phi) is 6.27. The van der Waals surface area contributed by atoms with Crippen molar-refractivity contribution in [3.05, 3.63) is 69.1 Å². The summed E-state index contributed by atoms with van der Waals surface area (Å²) in [4.78, 5) is 36.2. The molecule has 3 rings (SSSR count). The third-order valence-electron chi connectivity index (χ3n) is 3.93. The highest BCUT2D eigenvalue weighted by Crippen LogP contribution is 2.33. The number of thioether (sulfide) groups is 1. The SMILES string of the molecule is C#CCN1C(=O)S/C(=C\c2ccc(OCc3cccc(C(=O)[O-])c3)c(Cl)c2)C1=O. The van der Waals surface area contributed by atoms with Gasteiger partial charge in [-0.15, -0.1) is 6.42 Å². The quantitative estimate of drug-likeness (QED) is 0.521. The van der Waals surface area contributed by atoms with Gasteiger partial charge in [-0.25, -0.2) is 0 Å². The van der Waals surface area contributed by atoms with Crippen molar-refractivity contribution in [1.82, 2.24) is 4.90 Å². The molecule has 1 saturated heterocycles. The van der Waals surface area contributed by atoms with Gasteiger partial charge in [-0.05, 0) is 52.7 Å². The standard InChI is InChI=1S/C21H14ClNO5S/c1-2-8-23-19(24)18(29-21(23)27)11-13-6-7-17(16(22)10-13)28-12-14-4-3-5-15(9-14)20(25)26/h1,3-7,9-11H,8,12H2,(H,25,26)/p-1/b18-11-. The number of halogens is 1. The fraction of sp³-hybridized carbons (Fsp3) is 0.0952. The molecule has 0 N–H and O–H groups in total. The van der Waals surface area contributed by atoms with Crippen molar-refractivity contribution in [2.24, 2.45) is 0 Å². The molecule has 146 valence electrons. The molecule has 0 atom stereocenters. The highest BCUT2D eigenvalue weighted by Gasteiger charge is 2.34. The molecule has 0 radical (unpaired) electrons. The summed E-state index contributed by atoms with van der Waals surface area (Å²) in [6.07, 6.45) is 6.73. The smallest absolute Gasteiger partial charge is 0.294 e. The highest BCUT2D eigenvalue weighted by atomic mass is 35.5. The van der Waals surface area contributed by atoms with E-state index < -0.39 is 17.1 Å². The van der Waals surface area contributed by atoms with Crippen LogP contribution < -0.4 is 9.84 Å². The Morgan fingerprint density at radius 3 is 2.76 bits per heavy atom. The molecule has 2 amide bonds. The van der Waals surface area contributed by atoms with Crippen LogP contribution in [-0.2, 0) is 11.4 Å². The molecule has 29 heavy (non-hydrogen) atoms. The molecule has 1 aliphatic heterocycles. The van der Waals surface area contributed by atoms with Gasteiger partial charge < -0.3 is 14.6 Å². The summed E-state index contributed by atoms with van der Waals surface area (Å²) >= 11 is 7.07. The zero-order valence-corrected chi connectivity index (χ0v) is 16.5. The highest BCUT2D eigenvalue weighted by molar-refractivity contribution is 8.18. The number of carbonyl (C=O) groups is 3. The summed E-state index contributed by atoms with van der Waals surface area (Å²) in [6.45, 7) is 0.0415. The van der Waals surface area contributed by atoms with Crippen molar-refractivity contribution >= 4 is 46.6 Å².